The Balaban J connectivity index is 1.53. The summed E-state index contributed by atoms with van der Waals surface area (Å²) in [4.78, 5) is 37.1. The van der Waals surface area contributed by atoms with Crippen molar-refractivity contribution in [2.75, 3.05) is 11.9 Å². The van der Waals surface area contributed by atoms with Crippen LogP contribution in [-0.4, -0.2) is 23.1 Å². The molecule has 0 radical (unpaired) electrons. The Labute approximate surface area is 174 Å². The maximum absolute atomic E-state index is 13.6. The molecule has 0 bridgehead atoms. The molecule has 0 aliphatic heterocycles. The van der Waals surface area contributed by atoms with E-state index in [4.69, 9.17) is 4.74 Å². The number of nitrogens with zero attached hydrogens (tertiary/aromatic N) is 1. The summed E-state index contributed by atoms with van der Waals surface area (Å²) in [6.07, 6.45) is 0. The molecule has 1 heterocycles. The molecule has 3 aromatic carbocycles. The van der Waals surface area contributed by atoms with Gasteiger partial charge in [0.05, 0.1) is 16.7 Å². The number of ether oxygens (including phenoxy) is 1. The Morgan fingerprint density at radius 2 is 1.52 bits per heavy atom. The van der Waals surface area contributed by atoms with E-state index >= 15 is 0 Å². The molecule has 6 nitrogen and oxygen atoms in total. The van der Waals surface area contributed by atoms with Gasteiger partial charge < -0.3 is 14.6 Å². The van der Waals surface area contributed by atoms with E-state index in [1.54, 1.807) is 53.1 Å². The largest absolute Gasteiger partial charge is 0.454 e. The van der Waals surface area contributed by atoms with Gasteiger partial charge in [-0.05, 0) is 36.4 Å². The highest BCUT2D eigenvalue weighted by atomic mass is 19.1. The Bertz CT molecular complexity index is 1320. The van der Waals surface area contributed by atoms with Crippen molar-refractivity contribution >= 4 is 39.4 Å². The molecule has 4 rings (SSSR count). The number of para-hydroxylation sites is 2. The maximum atomic E-state index is 13.6. The van der Waals surface area contributed by atoms with Gasteiger partial charge in [0.1, 0.15) is 18.2 Å². The number of anilines is 1. The van der Waals surface area contributed by atoms with E-state index in [1.807, 2.05) is 0 Å². The van der Waals surface area contributed by atoms with Crippen molar-refractivity contribution in [2.24, 2.45) is 0 Å². The van der Waals surface area contributed by atoms with Crippen molar-refractivity contribution in [1.82, 2.24) is 4.57 Å². The Morgan fingerprint density at radius 3 is 2.13 bits per heavy atom. The zero-order valence-corrected chi connectivity index (χ0v) is 16.1. The summed E-state index contributed by atoms with van der Waals surface area (Å²) in [6, 6.07) is 16.5. The second-order valence-electron chi connectivity index (χ2n) is 6.78. The number of rotatable bonds is 5. The minimum atomic E-state index is -0.939. The lowest BCUT2D eigenvalue weighted by Gasteiger charge is -2.14. The summed E-state index contributed by atoms with van der Waals surface area (Å²) in [6.45, 7) is -0.884. The number of fused-ring (bicyclic) bond motifs is 2. The predicted octanol–water partition coefficient (Wildman–Crippen LogP) is 3.61. The van der Waals surface area contributed by atoms with Crippen LogP contribution in [0.4, 0.5) is 14.5 Å². The van der Waals surface area contributed by atoms with Gasteiger partial charge in [-0.1, -0.05) is 24.3 Å². The molecular weight excluding hydrogens is 406 g/mol. The smallest absolute Gasteiger partial charge is 0.326 e. The SMILES string of the molecule is O=C(COC(=O)Cn1c2ccccc2c(=O)c2ccccc21)Nc1ccc(F)cc1F. The van der Waals surface area contributed by atoms with Crippen LogP contribution in [0.2, 0.25) is 0 Å². The number of benzene rings is 3. The molecule has 0 saturated heterocycles. The minimum Gasteiger partial charge on any atom is -0.454 e. The van der Waals surface area contributed by atoms with E-state index < -0.39 is 30.1 Å². The first kappa shape index (κ1) is 20.2. The first-order valence-electron chi connectivity index (χ1n) is 9.35. The van der Waals surface area contributed by atoms with Crippen LogP contribution >= 0.6 is 0 Å². The molecule has 1 aromatic heterocycles. The molecule has 156 valence electrons. The fourth-order valence-electron chi connectivity index (χ4n) is 3.35. The number of carbonyl (C=O) groups excluding carboxylic acids is 2. The van der Waals surface area contributed by atoms with Crippen molar-refractivity contribution in [3.05, 3.63) is 88.6 Å². The van der Waals surface area contributed by atoms with Crippen molar-refractivity contribution in [3.8, 4) is 0 Å². The molecule has 1 N–H and O–H groups in total. The second-order valence-corrected chi connectivity index (χ2v) is 6.78. The van der Waals surface area contributed by atoms with E-state index in [2.05, 4.69) is 5.32 Å². The number of hydrogen-bond donors (Lipinski definition) is 1. The van der Waals surface area contributed by atoms with E-state index in [9.17, 15) is 23.2 Å². The van der Waals surface area contributed by atoms with Crippen LogP contribution in [0.1, 0.15) is 0 Å². The summed E-state index contributed by atoms with van der Waals surface area (Å²) in [5.41, 5.74) is 0.748. The normalized spacial score (nSPS) is 10.9. The molecule has 0 atom stereocenters. The zero-order chi connectivity index (χ0) is 22.0. The number of esters is 1. The number of halogens is 2. The van der Waals surface area contributed by atoms with Crippen LogP contribution < -0.4 is 10.7 Å². The summed E-state index contributed by atoms with van der Waals surface area (Å²) in [5, 5.41) is 3.13. The first-order valence-corrected chi connectivity index (χ1v) is 9.35. The number of hydrogen-bond acceptors (Lipinski definition) is 4. The lowest BCUT2D eigenvalue weighted by molar-refractivity contribution is -0.147. The second kappa shape index (κ2) is 8.35. The number of amides is 1. The lowest BCUT2D eigenvalue weighted by Crippen LogP contribution is -2.24. The van der Waals surface area contributed by atoms with Crippen molar-refractivity contribution in [2.45, 2.75) is 6.54 Å². The number of nitrogens with one attached hydrogen (secondary N) is 1. The molecular formula is C23H16F2N2O4. The summed E-state index contributed by atoms with van der Waals surface area (Å²) in [5.74, 6) is -3.20. The third kappa shape index (κ3) is 4.13. The number of carbonyl (C=O) groups is 2. The fraction of sp³-hybridized carbons (Fsp3) is 0.0870. The molecule has 0 aliphatic rings. The average Bonchev–Trinajstić information content (AvgIpc) is 2.77. The number of pyridine rings is 1. The van der Waals surface area contributed by atoms with Gasteiger partial charge in [0.25, 0.3) is 5.91 Å². The maximum Gasteiger partial charge on any atom is 0.326 e. The van der Waals surface area contributed by atoms with E-state index in [0.29, 0.717) is 27.9 Å². The molecule has 0 fully saturated rings. The molecule has 4 aromatic rings. The molecule has 0 aliphatic carbocycles. The third-order valence-electron chi connectivity index (χ3n) is 4.74. The average molecular weight is 422 g/mol. The monoisotopic (exact) mass is 422 g/mol. The molecule has 31 heavy (non-hydrogen) atoms. The van der Waals surface area contributed by atoms with Crippen LogP contribution in [0.15, 0.2) is 71.5 Å². The molecule has 1 amide bonds. The molecule has 0 spiro atoms. The molecule has 8 heteroatoms. The predicted molar refractivity (Wildman–Crippen MR) is 112 cm³/mol. The van der Waals surface area contributed by atoms with Crippen LogP contribution in [0.3, 0.4) is 0 Å². The Hall–Kier alpha value is -4.07. The summed E-state index contributed by atoms with van der Waals surface area (Å²) in [7, 11) is 0. The highest BCUT2D eigenvalue weighted by molar-refractivity contribution is 5.95. The first-order chi connectivity index (χ1) is 14.9. The Morgan fingerprint density at radius 1 is 0.903 bits per heavy atom. The van der Waals surface area contributed by atoms with Crippen LogP contribution in [0.5, 0.6) is 0 Å². The summed E-state index contributed by atoms with van der Waals surface area (Å²) < 4.78 is 33.3. The van der Waals surface area contributed by atoms with E-state index in [0.717, 1.165) is 12.1 Å². The highest BCUT2D eigenvalue weighted by Gasteiger charge is 2.15. The van der Waals surface area contributed by atoms with Gasteiger partial charge in [0.15, 0.2) is 12.0 Å². The van der Waals surface area contributed by atoms with Gasteiger partial charge in [0, 0.05) is 16.8 Å². The van der Waals surface area contributed by atoms with Crippen molar-refractivity contribution < 1.29 is 23.1 Å². The van der Waals surface area contributed by atoms with Gasteiger partial charge in [-0.2, -0.15) is 0 Å². The van der Waals surface area contributed by atoms with Gasteiger partial charge in [-0.25, -0.2) is 8.78 Å². The topological polar surface area (TPSA) is 77.4 Å². The van der Waals surface area contributed by atoms with Gasteiger partial charge in [-0.3, -0.25) is 14.4 Å². The van der Waals surface area contributed by atoms with Crippen LogP contribution in [0, 0.1) is 11.6 Å². The van der Waals surface area contributed by atoms with Crippen LogP contribution in [0.25, 0.3) is 21.8 Å². The quantitative estimate of drug-likeness (QED) is 0.394. The molecule has 0 unspecified atom stereocenters. The van der Waals surface area contributed by atoms with E-state index in [-0.39, 0.29) is 17.7 Å². The lowest BCUT2D eigenvalue weighted by atomic mass is 10.1. The number of aromatic nitrogens is 1. The van der Waals surface area contributed by atoms with Gasteiger partial charge >= 0.3 is 5.97 Å². The zero-order valence-electron chi connectivity index (χ0n) is 16.1. The van der Waals surface area contributed by atoms with Gasteiger partial charge in [0.2, 0.25) is 0 Å². The molecule has 0 saturated carbocycles. The van der Waals surface area contributed by atoms with Crippen molar-refractivity contribution in [1.29, 1.82) is 0 Å². The van der Waals surface area contributed by atoms with Crippen LogP contribution in [-0.2, 0) is 20.9 Å². The van der Waals surface area contributed by atoms with Crippen molar-refractivity contribution in [3.63, 3.8) is 0 Å². The fourth-order valence-corrected chi connectivity index (χ4v) is 3.35. The summed E-state index contributed by atoms with van der Waals surface area (Å²) >= 11 is 0. The van der Waals surface area contributed by atoms with Gasteiger partial charge in [-0.15, -0.1) is 0 Å². The Kier molecular flexibility index (Phi) is 5.44. The van der Waals surface area contributed by atoms with E-state index in [1.165, 1.54) is 0 Å². The highest BCUT2D eigenvalue weighted by Crippen LogP contribution is 2.19. The standard InChI is InChI=1S/C23H16F2N2O4/c24-14-9-10-18(17(25)11-14)26-21(28)13-31-22(29)12-27-19-7-3-1-5-15(19)23(30)16-6-2-4-8-20(16)27/h1-11H,12-13H2,(H,26,28). The minimum absolute atomic E-state index is 0.142. The third-order valence-corrected chi connectivity index (χ3v) is 4.74.